The Labute approximate surface area is 192 Å². The summed E-state index contributed by atoms with van der Waals surface area (Å²) >= 11 is 0. The first-order valence-corrected chi connectivity index (χ1v) is 12.7. The van der Waals surface area contributed by atoms with Crippen molar-refractivity contribution in [2.75, 3.05) is 42.6 Å². The van der Waals surface area contributed by atoms with E-state index in [1.54, 1.807) is 29.0 Å². The summed E-state index contributed by atoms with van der Waals surface area (Å²) in [5, 5.41) is 7.95. The van der Waals surface area contributed by atoms with Crippen LogP contribution in [0.2, 0.25) is 0 Å². The molecule has 0 radical (unpaired) electrons. The molecular formula is C22H26N7O3S+. The fourth-order valence-electron chi connectivity index (χ4n) is 4.05. The molecule has 0 amide bonds. The van der Waals surface area contributed by atoms with Crippen LogP contribution in [0.1, 0.15) is 6.42 Å². The van der Waals surface area contributed by atoms with Crippen LogP contribution in [0.3, 0.4) is 0 Å². The van der Waals surface area contributed by atoms with Gasteiger partial charge < -0.3 is 10.1 Å². The summed E-state index contributed by atoms with van der Waals surface area (Å²) in [5.74, 6) is 0.532. The number of allylic oxidation sites excluding steroid dienone is 1. The van der Waals surface area contributed by atoms with Gasteiger partial charge in [-0.25, -0.2) is 12.9 Å². The van der Waals surface area contributed by atoms with E-state index in [9.17, 15) is 8.42 Å². The molecule has 3 heterocycles. The lowest BCUT2D eigenvalue weighted by molar-refractivity contribution is -0.866. The van der Waals surface area contributed by atoms with Gasteiger partial charge in [-0.2, -0.15) is 4.98 Å². The molecule has 3 N–H and O–H groups in total. The van der Waals surface area contributed by atoms with Gasteiger partial charge >= 0.3 is 0 Å². The maximum atomic E-state index is 11.4. The Balaban J connectivity index is 1.31. The highest BCUT2D eigenvalue weighted by atomic mass is 32.2. The molecule has 11 heteroatoms. The molecule has 0 saturated carbocycles. The molecular weight excluding hydrogens is 442 g/mol. The zero-order valence-corrected chi connectivity index (χ0v) is 19.0. The Morgan fingerprint density at radius 3 is 2.67 bits per heavy atom. The van der Waals surface area contributed by atoms with Crippen molar-refractivity contribution in [1.82, 2.24) is 19.6 Å². The quantitative estimate of drug-likeness (QED) is 0.488. The normalized spacial score (nSPS) is 19.4. The molecule has 1 unspecified atom stereocenters. The third-order valence-corrected chi connectivity index (χ3v) is 6.24. The van der Waals surface area contributed by atoms with Crippen LogP contribution in [0.4, 0.5) is 11.6 Å². The number of hydrogen-bond acceptors (Lipinski definition) is 7. The molecule has 172 valence electrons. The van der Waals surface area contributed by atoms with E-state index in [2.05, 4.69) is 43.3 Å². The van der Waals surface area contributed by atoms with E-state index in [-0.39, 0.29) is 6.04 Å². The van der Waals surface area contributed by atoms with Crippen LogP contribution in [0.15, 0.2) is 60.6 Å². The molecule has 0 spiro atoms. The summed E-state index contributed by atoms with van der Waals surface area (Å²) in [5.41, 5.74) is 3.92. The highest BCUT2D eigenvalue weighted by Gasteiger charge is 2.21. The van der Waals surface area contributed by atoms with Crippen LogP contribution < -0.4 is 14.9 Å². The minimum absolute atomic E-state index is 0.115. The first kappa shape index (κ1) is 21.6. The summed E-state index contributed by atoms with van der Waals surface area (Å²) in [6.07, 6.45) is 12.0. The van der Waals surface area contributed by atoms with Crippen LogP contribution in [-0.4, -0.2) is 66.6 Å². The van der Waals surface area contributed by atoms with Crippen LogP contribution in [0.25, 0.3) is 16.9 Å². The second-order valence-corrected chi connectivity index (χ2v) is 9.90. The Morgan fingerprint density at radius 1 is 1.18 bits per heavy atom. The molecule has 1 atom stereocenters. The number of nitrogens with one attached hydrogen (secondary N) is 3. The zero-order valence-electron chi connectivity index (χ0n) is 18.2. The summed E-state index contributed by atoms with van der Waals surface area (Å²) < 4.78 is 32.5. The van der Waals surface area contributed by atoms with Gasteiger partial charge in [0.15, 0.2) is 5.65 Å². The van der Waals surface area contributed by atoms with Crippen LogP contribution in [0, 0.1) is 0 Å². The second kappa shape index (κ2) is 8.93. The van der Waals surface area contributed by atoms with Gasteiger partial charge in [-0.05, 0) is 30.7 Å². The van der Waals surface area contributed by atoms with E-state index < -0.39 is 10.0 Å². The standard InChI is InChI=1S/C22H25N7O3S/c1-33(30,31)27-18-4-2-16(3-5-18)20-21-25-22(26-29(21)11-10-23-20)24-17-6-8-19(9-7-17)28-12-14-32-15-13-28/h2-6,8-11,17,27H,7,12-15H2,1H3,(H,24,26)/p+1. The van der Waals surface area contributed by atoms with E-state index in [1.807, 2.05) is 12.1 Å². The van der Waals surface area contributed by atoms with Crippen molar-refractivity contribution in [3.63, 3.8) is 0 Å². The van der Waals surface area contributed by atoms with Gasteiger partial charge in [-0.3, -0.25) is 14.6 Å². The Morgan fingerprint density at radius 2 is 1.97 bits per heavy atom. The van der Waals surface area contributed by atoms with E-state index in [1.165, 1.54) is 10.6 Å². The number of sulfonamides is 1. The number of morpholine rings is 1. The van der Waals surface area contributed by atoms with Gasteiger partial charge in [-0.1, -0.05) is 18.2 Å². The fraction of sp³-hybridized carbons (Fsp3) is 0.318. The predicted octanol–water partition coefficient (Wildman–Crippen LogP) is 0.702. The molecule has 3 aromatic rings. The molecule has 0 bridgehead atoms. The van der Waals surface area contributed by atoms with E-state index in [4.69, 9.17) is 4.74 Å². The summed E-state index contributed by atoms with van der Waals surface area (Å²) in [6.45, 7) is 3.62. The smallest absolute Gasteiger partial charge is 0.243 e. The Bertz CT molecular complexity index is 1310. The van der Waals surface area contributed by atoms with E-state index in [0.29, 0.717) is 23.0 Å². The number of quaternary nitrogens is 1. The average molecular weight is 469 g/mol. The first-order valence-electron chi connectivity index (χ1n) is 10.8. The largest absolute Gasteiger partial charge is 0.370 e. The molecule has 1 saturated heterocycles. The van der Waals surface area contributed by atoms with Crippen LogP contribution in [0.5, 0.6) is 0 Å². The number of nitrogens with zero attached hydrogens (tertiary/aromatic N) is 4. The lowest BCUT2D eigenvalue weighted by Crippen LogP contribution is -3.12. The zero-order chi connectivity index (χ0) is 22.8. The number of anilines is 2. The number of aromatic nitrogens is 4. The van der Waals surface area contributed by atoms with Gasteiger partial charge in [0.2, 0.25) is 16.0 Å². The van der Waals surface area contributed by atoms with Crippen molar-refractivity contribution in [2.24, 2.45) is 0 Å². The van der Waals surface area contributed by atoms with Gasteiger partial charge in [-0.15, -0.1) is 5.10 Å². The first-order chi connectivity index (χ1) is 15.9. The minimum atomic E-state index is -3.33. The molecule has 2 aromatic heterocycles. The monoisotopic (exact) mass is 468 g/mol. The van der Waals surface area contributed by atoms with E-state index >= 15 is 0 Å². The molecule has 33 heavy (non-hydrogen) atoms. The maximum absolute atomic E-state index is 11.4. The van der Waals surface area contributed by atoms with Crippen molar-refractivity contribution >= 4 is 27.3 Å². The van der Waals surface area contributed by atoms with Crippen molar-refractivity contribution in [2.45, 2.75) is 12.5 Å². The third kappa shape index (κ3) is 5.05. The third-order valence-electron chi connectivity index (χ3n) is 5.64. The maximum Gasteiger partial charge on any atom is 0.243 e. The summed E-state index contributed by atoms with van der Waals surface area (Å²) in [4.78, 5) is 10.6. The molecule has 2 aliphatic rings. The topological polar surface area (TPSA) is 115 Å². The van der Waals surface area contributed by atoms with Crippen LogP contribution >= 0.6 is 0 Å². The van der Waals surface area contributed by atoms with Crippen LogP contribution in [-0.2, 0) is 14.8 Å². The van der Waals surface area contributed by atoms with Crippen molar-refractivity contribution in [1.29, 1.82) is 0 Å². The Kier molecular flexibility index (Phi) is 5.83. The van der Waals surface area contributed by atoms with Gasteiger partial charge in [0.05, 0.1) is 25.5 Å². The number of ether oxygens (including phenoxy) is 1. The number of hydrogen-bond donors (Lipinski definition) is 3. The molecule has 1 aromatic carbocycles. The lowest BCUT2D eigenvalue weighted by atomic mass is 10.1. The number of benzene rings is 1. The van der Waals surface area contributed by atoms with E-state index in [0.717, 1.165) is 44.5 Å². The Hall–Kier alpha value is -3.28. The molecule has 1 aliphatic heterocycles. The summed E-state index contributed by atoms with van der Waals surface area (Å²) in [6, 6.07) is 7.13. The average Bonchev–Trinajstić information content (AvgIpc) is 3.22. The summed E-state index contributed by atoms with van der Waals surface area (Å²) in [7, 11) is -3.33. The molecule has 5 rings (SSSR count). The van der Waals surface area contributed by atoms with Gasteiger partial charge in [0.1, 0.15) is 24.5 Å². The highest BCUT2D eigenvalue weighted by Crippen LogP contribution is 2.24. The fourth-order valence-corrected chi connectivity index (χ4v) is 4.62. The highest BCUT2D eigenvalue weighted by molar-refractivity contribution is 7.92. The van der Waals surface area contributed by atoms with Crippen molar-refractivity contribution in [3.8, 4) is 11.3 Å². The number of fused-ring (bicyclic) bond motifs is 1. The number of rotatable bonds is 6. The SMILES string of the molecule is CS(=O)(=O)Nc1ccc(-c2nccn3nc(NC4C=CC([NH+]5CCOCC5)=CC4)nc23)cc1. The minimum Gasteiger partial charge on any atom is -0.370 e. The van der Waals surface area contributed by atoms with Crippen molar-refractivity contribution < 1.29 is 18.1 Å². The van der Waals surface area contributed by atoms with Crippen molar-refractivity contribution in [3.05, 3.63) is 60.6 Å². The second-order valence-electron chi connectivity index (χ2n) is 8.15. The molecule has 1 aliphatic carbocycles. The molecule has 10 nitrogen and oxygen atoms in total. The van der Waals surface area contributed by atoms with Gasteiger partial charge in [0.25, 0.3) is 0 Å². The molecule has 1 fully saturated rings. The lowest BCUT2D eigenvalue weighted by Gasteiger charge is -2.26. The predicted molar refractivity (Wildman–Crippen MR) is 125 cm³/mol. The van der Waals surface area contributed by atoms with Gasteiger partial charge in [0, 0.05) is 23.6 Å².